The number of nitrogens with one attached hydrogen (secondary N) is 2. The molecule has 4 aliphatic rings. The molecule has 0 amide bonds. The van der Waals surface area contributed by atoms with E-state index < -0.39 is 22.5 Å². The van der Waals surface area contributed by atoms with Crippen LogP contribution in [0.3, 0.4) is 0 Å². The smallest absolute Gasteiger partial charge is 0.347 e. The fourth-order valence-corrected chi connectivity index (χ4v) is 16.4. The summed E-state index contributed by atoms with van der Waals surface area (Å²) >= 11 is 6.20. The van der Waals surface area contributed by atoms with E-state index in [-0.39, 0.29) is 0 Å². The number of piperazine rings is 4. The van der Waals surface area contributed by atoms with Crippen molar-refractivity contribution in [1.29, 1.82) is 0 Å². The van der Waals surface area contributed by atoms with E-state index in [9.17, 15) is 19.2 Å². The van der Waals surface area contributed by atoms with Gasteiger partial charge in [-0.2, -0.15) is 19.9 Å². The number of imidazole rings is 4. The van der Waals surface area contributed by atoms with E-state index in [1.165, 1.54) is 0 Å². The molecule has 610 valence electrons. The highest BCUT2D eigenvalue weighted by molar-refractivity contribution is 6.33. The Labute approximate surface area is 689 Å². The Bertz CT molecular complexity index is 6640. The Morgan fingerprint density at radius 3 is 1.24 bits per heavy atom. The van der Waals surface area contributed by atoms with Crippen LogP contribution in [0.5, 0.6) is 0 Å². The Kier molecular flexibility index (Phi) is 21.3. The van der Waals surface area contributed by atoms with E-state index in [2.05, 4.69) is 154 Å². The van der Waals surface area contributed by atoms with Gasteiger partial charge in [0, 0.05) is 172 Å². The van der Waals surface area contributed by atoms with Crippen molar-refractivity contribution in [2.24, 2.45) is 0 Å². The predicted octanol–water partition coefficient (Wildman–Crippen LogP) is 12.7. The lowest BCUT2D eigenvalue weighted by molar-refractivity contribution is 0.205. The molecular formula is C89H94ClN21O8. The highest BCUT2D eigenvalue weighted by Gasteiger charge is 2.32. The van der Waals surface area contributed by atoms with Gasteiger partial charge in [0.1, 0.15) is 34.6 Å². The van der Waals surface area contributed by atoms with Gasteiger partial charge < -0.3 is 65.5 Å². The summed E-state index contributed by atoms with van der Waals surface area (Å²) in [5.41, 5.74) is 10.5. The van der Waals surface area contributed by atoms with Crippen LogP contribution in [0.15, 0.2) is 196 Å². The first-order valence-electron chi connectivity index (χ1n) is 40.3. The molecule has 4 aliphatic heterocycles. The number of fused-ring (bicyclic) bond motifs is 8. The molecule has 0 radical (unpaired) electrons. The lowest BCUT2D eigenvalue weighted by atomic mass is 10.1. The number of anilines is 4. The second-order valence-electron chi connectivity index (χ2n) is 32.5. The Morgan fingerprint density at radius 2 is 0.773 bits per heavy atom. The fraction of sp³-hybridized carbons (Fsp3) is 0.337. The van der Waals surface area contributed by atoms with Gasteiger partial charge >= 0.3 is 22.5 Å². The maximum absolute atomic E-state index is 12.8. The molecule has 0 aliphatic carbocycles. The molecule has 4 saturated heterocycles. The van der Waals surface area contributed by atoms with Crippen LogP contribution in [0.4, 0.5) is 23.3 Å². The first-order valence-corrected chi connectivity index (χ1v) is 40.7. The third-order valence-electron chi connectivity index (χ3n) is 23.1. The van der Waals surface area contributed by atoms with Crippen LogP contribution < -0.4 is 52.7 Å². The zero-order valence-corrected chi connectivity index (χ0v) is 69.7. The molecule has 2 N–H and O–H groups in total. The Morgan fingerprint density at radius 1 is 0.361 bits per heavy atom. The van der Waals surface area contributed by atoms with Crippen molar-refractivity contribution in [3.05, 3.63) is 228 Å². The molecule has 20 heterocycles. The van der Waals surface area contributed by atoms with Gasteiger partial charge in [-0.05, 0) is 211 Å². The maximum Gasteiger partial charge on any atom is 0.347 e. The first-order chi connectivity index (χ1) is 57.1. The second-order valence-corrected chi connectivity index (χ2v) is 32.9. The standard InChI is InChI=1S/2C23H25N5O2.C22H24N6O2.C21H20ClN5O2/c1-14-5-7-20-24-19(13-27(20)10-14)18-9-17-6-8-21(25-22(17)30-23(18)29)28-12-15(2)26(4)11-16(28)3;1-14-7-8-27-13-19(24-21(27)9-14)18-10-17-5-6-20(25-22(17)30-23(18)29)28-12-15(2)26(4)11-16(28)3;1-12-10-28(14(3)8-23-12)19-6-5-16-7-17(22(29)30-21(16)26-19)18-11-27-9-13(2)24-15(4)20(27)25-18;1-12-10-27(13(2)9-23-12)18-6-5-14-8-15(21(28)29-20(14)25-18)17-11-26-7-3-4-16(22)19(26)24-17/h2*5-10,13,15-16H,11-12H2,1-4H3;5-7,9,11-12,14,23H,8,10H2,1-4H3;3-8,11-13,23H,9-10H2,1-2H3/t2*15-,16+;12-,14+;12-,13+/m0000/s1. The predicted molar refractivity (Wildman–Crippen MR) is 466 cm³/mol. The van der Waals surface area contributed by atoms with E-state index >= 15 is 0 Å². The lowest BCUT2D eigenvalue weighted by Crippen LogP contribution is -2.55. The van der Waals surface area contributed by atoms with E-state index in [1.54, 1.807) is 28.8 Å². The molecule has 0 bridgehead atoms. The molecular weight excluding hydrogens is 1530 g/mol. The van der Waals surface area contributed by atoms with Gasteiger partial charge in [-0.25, -0.2) is 39.1 Å². The molecule has 0 saturated carbocycles. The number of aromatic nitrogens is 13. The van der Waals surface area contributed by atoms with Crippen molar-refractivity contribution >= 4 is 102 Å². The van der Waals surface area contributed by atoms with Crippen LogP contribution in [0.2, 0.25) is 5.02 Å². The van der Waals surface area contributed by atoms with Gasteiger partial charge in [-0.1, -0.05) is 17.7 Å². The molecule has 16 aromatic heterocycles. The van der Waals surface area contributed by atoms with Crippen molar-refractivity contribution in [3.8, 4) is 45.0 Å². The molecule has 0 aromatic carbocycles. The normalized spacial score (nSPS) is 20.1. The summed E-state index contributed by atoms with van der Waals surface area (Å²) in [7, 11) is 4.29. The van der Waals surface area contributed by atoms with Gasteiger partial charge in [0.25, 0.3) is 0 Å². The maximum atomic E-state index is 12.8. The molecule has 29 nitrogen and oxygen atoms in total. The molecule has 20 rings (SSSR count). The number of hydrogen-bond donors (Lipinski definition) is 2. The number of rotatable bonds is 8. The van der Waals surface area contributed by atoms with Crippen LogP contribution in [0, 0.1) is 27.7 Å². The SMILES string of the molecule is C[C@@H]1CN[C@@H](C)CN1c1ccc2cc(-c3cn4cccc(Cl)c4n3)c(=O)oc2n1.Cc1ccc2nc(-c3cc4ccc(N5C[C@H](C)N(C)C[C@H]5C)nc4oc3=O)cn2c1.Cc1ccn2cc(-c3cc4ccc(N5C[C@H](C)N(C)C[C@H]5C)nc4oc3=O)nc2c1.Cc1cn2cc(-c3cc4ccc(N5C[C@H](C)NC[C@H]5C)nc4oc3=O)nc2c(C)n1. The largest absolute Gasteiger partial charge is 0.403 e. The topological polar surface area (TPSA) is 298 Å². The third-order valence-corrected chi connectivity index (χ3v) is 23.4. The highest BCUT2D eigenvalue weighted by atomic mass is 35.5. The van der Waals surface area contributed by atoms with Crippen LogP contribution >= 0.6 is 11.6 Å². The van der Waals surface area contributed by atoms with Crippen LogP contribution in [0.1, 0.15) is 77.9 Å². The van der Waals surface area contributed by atoms with E-state index in [1.807, 2.05) is 175 Å². The lowest BCUT2D eigenvalue weighted by Gasteiger charge is -2.43. The number of hydrogen-bond acceptors (Lipinski definition) is 25. The summed E-state index contributed by atoms with van der Waals surface area (Å²) < 4.78 is 30.0. The van der Waals surface area contributed by atoms with Crippen molar-refractivity contribution < 1.29 is 17.7 Å². The van der Waals surface area contributed by atoms with Gasteiger partial charge in [0.15, 0.2) is 11.3 Å². The van der Waals surface area contributed by atoms with E-state index in [0.29, 0.717) is 127 Å². The monoisotopic (exact) mass is 1620 g/mol. The molecule has 119 heavy (non-hydrogen) atoms. The van der Waals surface area contributed by atoms with Crippen LogP contribution in [-0.2, 0) is 0 Å². The van der Waals surface area contributed by atoms with Gasteiger partial charge in [0.2, 0.25) is 22.9 Å². The molecule has 0 spiro atoms. The van der Waals surface area contributed by atoms with Crippen molar-refractivity contribution in [2.75, 3.05) is 86.1 Å². The second kappa shape index (κ2) is 32.1. The van der Waals surface area contributed by atoms with Gasteiger partial charge in [-0.15, -0.1) is 0 Å². The molecule has 4 fully saturated rings. The van der Waals surface area contributed by atoms with Crippen molar-refractivity contribution in [2.45, 2.75) is 131 Å². The number of likely N-dealkylation sites (N-methyl/N-ethyl adjacent to an activating group) is 2. The quantitative estimate of drug-likeness (QED) is 0.143. The summed E-state index contributed by atoms with van der Waals surface area (Å²) in [5, 5.41) is 10.5. The summed E-state index contributed by atoms with van der Waals surface area (Å²) in [6, 6.07) is 37.5. The van der Waals surface area contributed by atoms with Crippen LogP contribution in [-0.4, -0.2) is 187 Å². The number of aryl methyl sites for hydroxylation is 4. The summed E-state index contributed by atoms with van der Waals surface area (Å²) in [5.74, 6) is 3.32. The average Bonchev–Trinajstić information content (AvgIpc) is 1.69. The van der Waals surface area contributed by atoms with Gasteiger partial charge in [0.05, 0.1) is 61.4 Å². The van der Waals surface area contributed by atoms with E-state index in [4.69, 9.17) is 29.3 Å². The average molecular weight is 1620 g/mol. The van der Waals surface area contributed by atoms with E-state index in [0.717, 1.165) is 137 Å². The molecule has 0 unspecified atom stereocenters. The minimum absolute atomic E-state index is 0.310. The van der Waals surface area contributed by atoms with Crippen LogP contribution in [0.25, 0.3) is 112 Å². The molecule has 30 heteroatoms. The minimum Gasteiger partial charge on any atom is -0.403 e. The summed E-state index contributed by atoms with van der Waals surface area (Å²) in [6.07, 6.45) is 15.0. The third kappa shape index (κ3) is 16.0. The minimum atomic E-state index is -0.469. The first kappa shape index (κ1) is 79.0. The Hall–Kier alpha value is -12.5. The number of pyridine rings is 7. The zero-order chi connectivity index (χ0) is 83.1. The number of halogens is 1. The molecule has 8 atom stereocenters. The Balaban J connectivity index is 0.000000113. The summed E-state index contributed by atoms with van der Waals surface area (Å²) in [4.78, 5) is 106. The van der Waals surface area contributed by atoms with Gasteiger partial charge in [-0.3, -0.25) is 14.8 Å². The number of nitrogens with zero attached hydrogens (tertiary/aromatic N) is 19. The molecule has 16 aromatic rings. The highest BCUT2D eigenvalue weighted by Crippen LogP contribution is 2.33. The van der Waals surface area contributed by atoms with Crippen molar-refractivity contribution in [3.63, 3.8) is 0 Å². The van der Waals surface area contributed by atoms with Crippen molar-refractivity contribution in [1.82, 2.24) is 82.9 Å². The zero-order valence-electron chi connectivity index (χ0n) is 68.9. The summed E-state index contributed by atoms with van der Waals surface area (Å²) in [6.45, 7) is 32.5. The fourth-order valence-electron chi connectivity index (χ4n) is 16.2.